The second kappa shape index (κ2) is 7.52. The summed E-state index contributed by atoms with van der Waals surface area (Å²) in [5.41, 5.74) is 1.31. The van der Waals surface area contributed by atoms with Gasteiger partial charge in [-0.2, -0.15) is 8.42 Å². The van der Waals surface area contributed by atoms with Gasteiger partial charge >= 0.3 is 0 Å². The Morgan fingerprint density at radius 2 is 1.92 bits per heavy atom. The molecule has 0 fully saturated rings. The first-order chi connectivity index (χ1) is 11.3. The van der Waals surface area contributed by atoms with E-state index in [0.29, 0.717) is 11.4 Å². The van der Waals surface area contributed by atoms with Crippen molar-refractivity contribution in [3.05, 3.63) is 53.7 Å². The van der Waals surface area contributed by atoms with E-state index in [1.807, 2.05) is 6.92 Å². The number of pyridine rings is 1. The Bertz CT molecular complexity index is 801. The summed E-state index contributed by atoms with van der Waals surface area (Å²) in [5.74, 6) is 0.0787. The lowest BCUT2D eigenvalue weighted by molar-refractivity contribution is -0.114. The van der Waals surface area contributed by atoms with E-state index in [1.54, 1.807) is 12.1 Å². The van der Waals surface area contributed by atoms with Crippen LogP contribution >= 0.6 is 0 Å². The molecule has 24 heavy (non-hydrogen) atoms. The van der Waals surface area contributed by atoms with Gasteiger partial charge in [0.25, 0.3) is 10.1 Å². The first-order valence-electron chi connectivity index (χ1n) is 7.15. The van der Waals surface area contributed by atoms with Crippen LogP contribution in [0.5, 0.6) is 0 Å². The number of aryl methyl sites for hydroxylation is 1. The minimum absolute atomic E-state index is 0.0273. The first-order valence-corrected chi connectivity index (χ1v) is 8.56. The number of carbonyl (C=O) groups excluding carboxylic acids is 1. The fourth-order valence-electron chi connectivity index (χ4n) is 1.88. The van der Waals surface area contributed by atoms with Crippen LogP contribution in [-0.2, 0) is 19.1 Å². The molecule has 2 aromatic rings. The van der Waals surface area contributed by atoms with Crippen molar-refractivity contribution in [1.29, 1.82) is 0 Å². The molecule has 0 aliphatic carbocycles. The zero-order chi connectivity index (χ0) is 17.7. The van der Waals surface area contributed by atoms with Gasteiger partial charge < -0.3 is 10.4 Å². The maximum absolute atomic E-state index is 12.1. The molecule has 0 unspecified atom stereocenters. The molecular weight excluding hydrogens is 332 g/mol. The lowest BCUT2D eigenvalue weighted by atomic mass is 10.2. The van der Waals surface area contributed by atoms with Gasteiger partial charge in [-0.25, -0.2) is 4.98 Å². The number of rotatable bonds is 6. The number of aliphatic hydroxyl groups is 1. The van der Waals surface area contributed by atoms with E-state index in [4.69, 9.17) is 4.18 Å². The summed E-state index contributed by atoms with van der Waals surface area (Å²) >= 11 is 0. The van der Waals surface area contributed by atoms with Crippen molar-refractivity contribution in [2.24, 2.45) is 0 Å². The number of hydrogen-bond acceptors (Lipinski definition) is 6. The van der Waals surface area contributed by atoms with Crippen molar-refractivity contribution in [1.82, 2.24) is 4.98 Å². The zero-order valence-corrected chi connectivity index (χ0v) is 14.1. The van der Waals surface area contributed by atoms with Crippen LogP contribution in [0.25, 0.3) is 0 Å². The van der Waals surface area contributed by atoms with E-state index in [1.165, 1.54) is 37.4 Å². The van der Waals surface area contributed by atoms with Crippen molar-refractivity contribution in [2.45, 2.75) is 24.8 Å². The van der Waals surface area contributed by atoms with Crippen LogP contribution in [0, 0.1) is 6.92 Å². The molecule has 2 rings (SSSR count). The zero-order valence-electron chi connectivity index (χ0n) is 13.3. The Hall–Kier alpha value is -2.29. The topological polar surface area (TPSA) is 106 Å². The molecule has 0 saturated carbocycles. The third-order valence-corrected chi connectivity index (χ3v) is 4.46. The summed E-state index contributed by atoms with van der Waals surface area (Å²) in [5, 5.41) is 12.5. The van der Waals surface area contributed by atoms with Crippen LogP contribution in [0.3, 0.4) is 0 Å². The van der Waals surface area contributed by atoms with Gasteiger partial charge in [-0.15, -0.1) is 0 Å². The van der Waals surface area contributed by atoms with E-state index in [2.05, 4.69) is 10.3 Å². The highest BCUT2D eigenvalue weighted by Gasteiger charge is 2.18. The van der Waals surface area contributed by atoms with Gasteiger partial charge in [0.15, 0.2) is 0 Å². The summed E-state index contributed by atoms with van der Waals surface area (Å²) in [7, 11) is -3.94. The fourth-order valence-corrected chi connectivity index (χ4v) is 2.79. The van der Waals surface area contributed by atoms with Gasteiger partial charge in [0.1, 0.15) is 11.9 Å². The number of nitrogens with one attached hydrogen (secondary N) is 1. The van der Waals surface area contributed by atoms with E-state index in [0.717, 1.165) is 5.56 Å². The standard InChI is InChI=1S/C16H18N2O5S/c1-11-3-6-14(7-4-11)24(21,22)23-10-15(20)13-5-8-16(17-9-13)18-12(2)19/h3-9,15,20H,10H2,1-2H3,(H,17,18,19)/t15-/m0/s1. The van der Waals surface area contributed by atoms with Gasteiger partial charge in [0, 0.05) is 18.7 Å². The number of hydrogen-bond donors (Lipinski definition) is 2. The van der Waals surface area contributed by atoms with Crippen LogP contribution in [0.2, 0.25) is 0 Å². The van der Waals surface area contributed by atoms with Crippen LogP contribution < -0.4 is 5.32 Å². The van der Waals surface area contributed by atoms with Crippen LogP contribution in [0.1, 0.15) is 24.2 Å². The molecule has 2 N–H and O–H groups in total. The number of aliphatic hydroxyl groups excluding tert-OH is 1. The molecule has 1 heterocycles. The Balaban J connectivity index is 2.00. The average molecular weight is 350 g/mol. The number of amides is 1. The Kier molecular flexibility index (Phi) is 5.66. The molecule has 0 radical (unpaired) electrons. The number of carbonyl (C=O) groups is 1. The number of aromatic nitrogens is 1. The highest BCUT2D eigenvalue weighted by molar-refractivity contribution is 7.86. The normalized spacial score (nSPS) is 12.6. The monoisotopic (exact) mass is 350 g/mol. The minimum atomic E-state index is -3.94. The molecule has 8 heteroatoms. The average Bonchev–Trinajstić information content (AvgIpc) is 2.53. The van der Waals surface area contributed by atoms with Gasteiger partial charge in [-0.05, 0) is 25.1 Å². The highest BCUT2D eigenvalue weighted by Crippen LogP contribution is 2.18. The van der Waals surface area contributed by atoms with Gasteiger partial charge in [-0.1, -0.05) is 23.8 Å². The predicted octanol–water partition coefficient (Wildman–Crippen LogP) is 1.79. The SMILES string of the molecule is CC(=O)Nc1ccc([C@@H](O)COS(=O)(=O)c2ccc(C)cc2)cn1. The number of benzene rings is 1. The van der Waals surface area contributed by atoms with Crippen molar-refractivity contribution in [2.75, 3.05) is 11.9 Å². The van der Waals surface area contributed by atoms with Crippen molar-refractivity contribution < 1.29 is 22.5 Å². The molecule has 0 aliphatic rings. The van der Waals surface area contributed by atoms with E-state index >= 15 is 0 Å². The van der Waals surface area contributed by atoms with Crippen LogP contribution in [-0.4, -0.2) is 31.0 Å². The smallest absolute Gasteiger partial charge is 0.297 e. The quantitative estimate of drug-likeness (QED) is 0.770. The summed E-state index contributed by atoms with van der Waals surface area (Å²) in [4.78, 5) is 14.9. The molecular formula is C16H18N2O5S. The van der Waals surface area contributed by atoms with E-state index in [-0.39, 0.29) is 10.8 Å². The Morgan fingerprint density at radius 3 is 2.46 bits per heavy atom. The maximum Gasteiger partial charge on any atom is 0.297 e. The lowest BCUT2D eigenvalue weighted by Crippen LogP contribution is -2.14. The van der Waals surface area contributed by atoms with Crippen molar-refractivity contribution in [3.8, 4) is 0 Å². The third-order valence-electron chi connectivity index (χ3n) is 3.17. The minimum Gasteiger partial charge on any atom is -0.386 e. The molecule has 0 spiro atoms. The van der Waals surface area contributed by atoms with Gasteiger partial charge in [0.2, 0.25) is 5.91 Å². The molecule has 7 nitrogen and oxygen atoms in total. The third kappa shape index (κ3) is 4.85. The molecule has 1 aromatic carbocycles. The Labute approximate surface area is 140 Å². The second-order valence-electron chi connectivity index (χ2n) is 5.23. The number of nitrogens with zero attached hydrogens (tertiary/aromatic N) is 1. The maximum atomic E-state index is 12.1. The van der Waals surface area contributed by atoms with Gasteiger partial charge in [-0.3, -0.25) is 8.98 Å². The molecule has 1 aromatic heterocycles. The van der Waals surface area contributed by atoms with Crippen LogP contribution in [0.15, 0.2) is 47.5 Å². The molecule has 0 aliphatic heterocycles. The largest absolute Gasteiger partial charge is 0.386 e. The van der Waals surface area contributed by atoms with Crippen molar-refractivity contribution >= 4 is 21.8 Å². The fraction of sp³-hybridized carbons (Fsp3) is 0.250. The summed E-state index contributed by atoms with van der Waals surface area (Å²) in [6, 6.07) is 9.26. The number of anilines is 1. The predicted molar refractivity (Wildman–Crippen MR) is 87.8 cm³/mol. The molecule has 1 amide bonds. The summed E-state index contributed by atoms with van der Waals surface area (Å²) in [6.07, 6.45) is 0.182. The van der Waals surface area contributed by atoms with E-state index < -0.39 is 22.8 Å². The molecule has 0 saturated heterocycles. The lowest BCUT2D eigenvalue weighted by Gasteiger charge is -2.12. The second-order valence-corrected chi connectivity index (χ2v) is 6.84. The van der Waals surface area contributed by atoms with Gasteiger partial charge in [0.05, 0.1) is 11.5 Å². The summed E-state index contributed by atoms with van der Waals surface area (Å²) < 4.78 is 29.0. The van der Waals surface area contributed by atoms with Crippen LogP contribution in [0.4, 0.5) is 5.82 Å². The first kappa shape index (κ1) is 18.1. The van der Waals surface area contributed by atoms with Crippen molar-refractivity contribution in [3.63, 3.8) is 0 Å². The molecule has 0 bridgehead atoms. The molecule has 128 valence electrons. The highest BCUT2D eigenvalue weighted by atomic mass is 32.2. The van der Waals surface area contributed by atoms with E-state index in [9.17, 15) is 18.3 Å². The Morgan fingerprint density at radius 1 is 1.25 bits per heavy atom. The summed E-state index contributed by atoms with van der Waals surface area (Å²) in [6.45, 7) is 2.77. The molecule has 1 atom stereocenters.